The molecule has 6 heteroatoms. The van der Waals surface area contributed by atoms with Gasteiger partial charge in [0.05, 0.1) is 12.8 Å². The second-order valence-corrected chi connectivity index (χ2v) is 4.99. The van der Waals surface area contributed by atoms with Crippen LogP contribution in [-0.2, 0) is 6.42 Å². The van der Waals surface area contributed by atoms with Crippen LogP contribution in [0.2, 0.25) is 5.02 Å². The van der Waals surface area contributed by atoms with Crippen molar-refractivity contribution >= 4 is 28.9 Å². The van der Waals surface area contributed by atoms with Crippen molar-refractivity contribution in [1.29, 1.82) is 0 Å². The van der Waals surface area contributed by atoms with Gasteiger partial charge in [0.2, 0.25) is 0 Å². The number of ether oxygens (including phenoxy) is 1. The molecule has 0 radical (unpaired) electrons. The lowest BCUT2D eigenvalue weighted by atomic mass is 10.1. The molecule has 2 N–H and O–H groups in total. The summed E-state index contributed by atoms with van der Waals surface area (Å²) < 4.78 is 5.38. The smallest absolute Gasteiger partial charge is 0.143 e. The number of benzene rings is 1. The highest BCUT2D eigenvalue weighted by Gasteiger charge is 2.12. The first-order chi connectivity index (χ1) is 10.1. The molecule has 5 nitrogen and oxygen atoms in total. The van der Waals surface area contributed by atoms with Gasteiger partial charge in [-0.15, -0.1) is 0 Å². The van der Waals surface area contributed by atoms with Gasteiger partial charge < -0.3 is 15.4 Å². The van der Waals surface area contributed by atoms with Crippen molar-refractivity contribution in [2.45, 2.75) is 20.3 Å². The number of hydrogen-bond donors (Lipinski definition) is 2. The Morgan fingerprint density at radius 3 is 2.57 bits per heavy atom. The van der Waals surface area contributed by atoms with E-state index < -0.39 is 0 Å². The van der Waals surface area contributed by atoms with Crippen LogP contribution in [0.5, 0.6) is 5.75 Å². The van der Waals surface area contributed by atoms with Gasteiger partial charge >= 0.3 is 0 Å². The lowest BCUT2D eigenvalue weighted by Gasteiger charge is -2.16. The van der Waals surface area contributed by atoms with Crippen LogP contribution in [0.1, 0.15) is 18.1 Å². The van der Waals surface area contributed by atoms with E-state index in [1.54, 1.807) is 13.2 Å². The lowest BCUT2D eigenvalue weighted by molar-refractivity contribution is 0.416. The topological polar surface area (TPSA) is 59.1 Å². The Morgan fingerprint density at radius 1 is 1.24 bits per heavy atom. The first kappa shape index (κ1) is 15.4. The third kappa shape index (κ3) is 3.19. The number of nitrogens with one attached hydrogen (secondary N) is 2. The van der Waals surface area contributed by atoms with Gasteiger partial charge in [-0.3, -0.25) is 0 Å². The van der Waals surface area contributed by atoms with E-state index in [1.165, 1.54) is 6.33 Å². The van der Waals surface area contributed by atoms with E-state index in [0.717, 1.165) is 34.9 Å². The van der Waals surface area contributed by atoms with Crippen molar-refractivity contribution in [1.82, 2.24) is 9.97 Å². The molecular formula is C15H19ClN4O. The second-order valence-electron chi connectivity index (χ2n) is 4.58. The van der Waals surface area contributed by atoms with E-state index >= 15 is 0 Å². The number of nitrogens with zero attached hydrogens (tertiary/aromatic N) is 2. The van der Waals surface area contributed by atoms with Crippen LogP contribution in [0.4, 0.5) is 17.3 Å². The van der Waals surface area contributed by atoms with Crippen LogP contribution < -0.4 is 15.4 Å². The molecule has 0 saturated carbocycles. The summed E-state index contributed by atoms with van der Waals surface area (Å²) in [5, 5.41) is 7.06. The van der Waals surface area contributed by atoms with Crippen LogP contribution in [0.3, 0.4) is 0 Å². The number of anilines is 3. The zero-order valence-corrected chi connectivity index (χ0v) is 13.4. The highest BCUT2D eigenvalue weighted by molar-refractivity contribution is 6.31. The molecule has 0 aliphatic carbocycles. The average Bonchev–Trinajstić information content (AvgIpc) is 2.50. The molecule has 0 aliphatic rings. The number of methoxy groups -OCH3 is 1. The summed E-state index contributed by atoms with van der Waals surface area (Å²) in [5.41, 5.74) is 2.82. The zero-order valence-electron chi connectivity index (χ0n) is 12.6. The Labute approximate surface area is 129 Å². The van der Waals surface area contributed by atoms with E-state index in [-0.39, 0.29) is 0 Å². The Bertz CT molecular complexity index is 646. The molecule has 2 rings (SSSR count). The van der Waals surface area contributed by atoms with E-state index in [9.17, 15) is 0 Å². The highest BCUT2D eigenvalue weighted by atomic mass is 35.5. The molecule has 2 aromatic rings. The predicted molar refractivity (Wildman–Crippen MR) is 87.0 cm³/mol. The van der Waals surface area contributed by atoms with Gasteiger partial charge in [0, 0.05) is 23.7 Å². The van der Waals surface area contributed by atoms with Gasteiger partial charge in [-0.05, 0) is 25.0 Å². The van der Waals surface area contributed by atoms with E-state index in [1.807, 2.05) is 20.0 Å². The summed E-state index contributed by atoms with van der Waals surface area (Å²) in [6, 6.07) is 3.74. The average molecular weight is 307 g/mol. The van der Waals surface area contributed by atoms with Crippen molar-refractivity contribution in [3.05, 3.63) is 34.6 Å². The van der Waals surface area contributed by atoms with Crippen LogP contribution in [0, 0.1) is 6.92 Å². The minimum atomic E-state index is 0.673. The minimum absolute atomic E-state index is 0.673. The second kappa shape index (κ2) is 6.63. The molecular weight excluding hydrogens is 288 g/mol. The fraction of sp³-hybridized carbons (Fsp3) is 0.333. The Morgan fingerprint density at radius 2 is 1.95 bits per heavy atom. The quantitative estimate of drug-likeness (QED) is 0.880. The van der Waals surface area contributed by atoms with Gasteiger partial charge in [0.1, 0.15) is 23.7 Å². The van der Waals surface area contributed by atoms with Gasteiger partial charge in [-0.1, -0.05) is 18.5 Å². The Hall–Kier alpha value is -2.01. The molecule has 0 fully saturated rings. The van der Waals surface area contributed by atoms with E-state index in [0.29, 0.717) is 10.8 Å². The molecule has 21 heavy (non-hydrogen) atoms. The first-order valence-corrected chi connectivity index (χ1v) is 7.11. The summed E-state index contributed by atoms with van der Waals surface area (Å²) in [6.07, 6.45) is 2.34. The predicted octanol–water partition coefficient (Wildman–Crippen LogP) is 3.79. The molecule has 0 atom stereocenters. The maximum Gasteiger partial charge on any atom is 0.143 e. The third-order valence-corrected chi connectivity index (χ3v) is 3.68. The van der Waals surface area contributed by atoms with Crippen molar-refractivity contribution < 1.29 is 4.74 Å². The van der Waals surface area contributed by atoms with Crippen molar-refractivity contribution in [3.8, 4) is 5.75 Å². The maximum atomic E-state index is 6.13. The molecule has 0 unspecified atom stereocenters. The Kier molecular flexibility index (Phi) is 4.85. The normalized spacial score (nSPS) is 10.3. The highest BCUT2D eigenvalue weighted by Crippen LogP contribution is 2.34. The summed E-state index contributed by atoms with van der Waals surface area (Å²) in [7, 11) is 3.46. The van der Waals surface area contributed by atoms with Gasteiger partial charge in [-0.2, -0.15) is 0 Å². The molecule has 1 heterocycles. The van der Waals surface area contributed by atoms with Crippen LogP contribution >= 0.6 is 11.6 Å². The van der Waals surface area contributed by atoms with Gasteiger partial charge in [0.25, 0.3) is 0 Å². The van der Waals surface area contributed by atoms with Crippen molar-refractivity contribution in [2.24, 2.45) is 0 Å². The number of rotatable bonds is 5. The maximum absolute atomic E-state index is 6.13. The van der Waals surface area contributed by atoms with Crippen molar-refractivity contribution in [2.75, 3.05) is 24.8 Å². The summed E-state index contributed by atoms with van der Waals surface area (Å²) >= 11 is 6.13. The monoisotopic (exact) mass is 306 g/mol. The number of aryl methyl sites for hydroxylation is 1. The van der Waals surface area contributed by atoms with E-state index in [2.05, 4.69) is 27.5 Å². The van der Waals surface area contributed by atoms with Gasteiger partial charge in [0.15, 0.2) is 0 Å². The molecule has 0 bridgehead atoms. The third-order valence-electron chi connectivity index (χ3n) is 3.27. The molecule has 112 valence electrons. The van der Waals surface area contributed by atoms with Crippen LogP contribution in [0.15, 0.2) is 18.5 Å². The number of halogens is 1. The fourth-order valence-corrected chi connectivity index (χ4v) is 2.28. The van der Waals surface area contributed by atoms with E-state index in [4.69, 9.17) is 16.3 Å². The molecule has 0 spiro atoms. The Balaban J connectivity index is 2.45. The zero-order chi connectivity index (χ0) is 15.4. The summed E-state index contributed by atoms with van der Waals surface area (Å²) in [6.45, 7) is 4.02. The minimum Gasteiger partial charge on any atom is -0.495 e. The molecule has 0 amide bonds. The SMILES string of the molecule is CCc1c(NC)ncnc1Nc1cc(C)c(Cl)cc1OC. The molecule has 1 aromatic heterocycles. The molecule has 0 saturated heterocycles. The van der Waals surface area contributed by atoms with Crippen LogP contribution in [-0.4, -0.2) is 24.1 Å². The summed E-state index contributed by atoms with van der Waals surface area (Å²) in [5.74, 6) is 2.26. The largest absolute Gasteiger partial charge is 0.495 e. The van der Waals surface area contributed by atoms with Crippen molar-refractivity contribution in [3.63, 3.8) is 0 Å². The molecule has 0 aliphatic heterocycles. The summed E-state index contributed by atoms with van der Waals surface area (Å²) in [4.78, 5) is 8.56. The van der Waals surface area contributed by atoms with Crippen LogP contribution in [0.25, 0.3) is 0 Å². The number of aromatic nitrogens is 2. The molecule has 1 aromatic carbocycles. The number of hydrogen-bond acceptors (Lipinski definition) is 5. The van der Waals surface area contributed by atoms with Gasteiger partial charge in [-0.25, -0.2) is 9.97 Å². The fourth-order valence-electron chi connectivity index (χ4n) is 2.13. The lowest BCUT2D eigenvalue weighted by Crippen LogP contribution is -2.05. The first-order valence-electron chi connectivity index (χ1n) is 6.73. The standard InChI is InChI=1S/C15H19ClN4O/c1-5-10-14(17-3)18-8-19-15(10)20-12-6-9(2)11(16)7-13(12)21-4/h6-8H,5H2,1-4H3,(H2,17,18,19,20).